The van der Waals surface area contributed by atoms with Crippen LogP contribution in [0.3, 0.4) is 0 Å². The van der Waals surface area contributed by atoms with E-state index < -0.39 is 30.4 Å². The van der Waals surface area contributed by atoms with E-state index in [1.54, 1.807) is 4.90 Å². The number of carbonyl (C=O) groups is 3. The standard InChI is InChI=1S/C13H24N4O4/c1-9(2)8-16-3-5-17(6-4-16)13(21)15-10(12(19)20)7-11(14)18/h9-10H,3-8H2,1-2H3,(H2,14,18)(H,15,21)(H,19,20)/t10-/m0/s1. The topological polar surface area (TPSA) is 116 Å². The number of carboxylic acid groups (broad SMARTS) is 1. The molecule has 0 unspecified atom stereocenters. The molecule has 0 spiro atoms. The van der Waals surface area contributed by atoms with E-state index in [2.05, 4.69) is 24.1 Å². The van der Waals surface area contributed by atoms with Crippen molar-refractivity contribution in [3.8, 4) is 0 Å². The summed E-state index contributed by atoms with van der Waals surface area (Å²) in [6.45, 7) is 7.87. The third kappa shape index (κ3) is 5.99. The van der Waals surface area contributed by atoms with Crippen molar-refractivity contribution >= 4 is 17.9 Å². The minimum atomic E-state index is -1.27. The number of aliphatic carboxylic acids is 1. The van der Waals surface area contributed by atoms with Gasteiger partial charge in [-0.1, -0.05) is 13.8 Å². The van der Waals surface area contributed by atoms with E-state index in [9.17, 15) is 14.4 Å². The average molecular weight is 300 g/mol. The minimum absolute atomic E-state index is 0.408. The number of hydrogen-bond donors (Lipinski definition) is 3. The number of amides is 3. The van der Waals surface area contributed by atoms with Crippen LogP contribution in [0.2, 0.25) is 0 Å². The van der Waals surface area contributed by atoms with Crippen molar-refractivity contribution in [3.05, 3.63) is 0 Å². The number of piperazine rings is 1. The Bertz CT molecular complexity index is 392. The Labute approximate surface area is 124 Å². The largest absolute Gasteiger partial charge is 0.480 e. The van der Waals surface area contributed by atoms with Crippen molar-refractivity contribution in [3.63, 3.8) is 0 Å². The van der Waals surface area contributed by atoms with Crippen molar-refractivity contribution in [2.45, 2.75) is 26.3 Å². The van der Waals surface area contributed by atoms with Gasteiger partial charge < -0.3 is 21.1 Å². The van der Waals surface area contributed by atoms with E-state index in [1.807, 2.05) is 0 Å². The van der Waals surface area contributed by atoms with Gasteiger partial charge in [-0.05, 0) is 5.92 Å². The summed E-state index contributed by atoms with van der Waals surface area (Å²) in [5.41, 5.74) is 4.98. The molecule has 1 atom stereocenters. The average Bonchev–Trinajstić information content (AvgIpc) is 2.37. The number of carboxylic acids is 1. The summed E-state index contributed by atoms with van der Waals surface area (Å²) in [6.07, 6.45) is -0.408. The monoisotopic (exact) mass is 300 g/mol. The maximum atomic E-state index is 12.0. The number of carbonyl (C=O) groups excluding carboxylic acids is 2. The maximum absolute atomic E-state index is 12.0. The molecule has 3 amide bonds. The molecule has 8 heteroatoms. The van der Waals surface area contributed by atoms with Crippen molar-refractivity contribution in [1.29, 1.82) is 0 Å². The highest BCUT2D eigenvalue weighted by molar-refractivity contribution is 5.87. The van der Waals surface area contributed by atoms with Gasteiger partial charge in [-0.3, -0.25) is 9.69 Å². The molecule has 8 nitrogen and oxygen atoms in total. The van der Waals surface area contributed by atoms with Gasteiger partial charge in [-0.2, -0.15) is 0 Å². The van der Waals surface area contributed by atoms with Gasteiger partial charge in [0.2, 0.25) is 5.91 Å². The van der Waals surface area contributed by atoms with Crippen molar-refractivity contribution in [1.82, 2.24) is 15.1 Å². The van der Waals surface area contributed by atoms with Crippen LogP contribution in [0.15, 0.2) is 0 Å². The fourth-order valence-electron chi connectivity index (χ4n) is 2.29. The van der Waals surface area contributed by atoms with Gasteiger partial charge in [0.25, 0.3) is 0 Å². The van der Waals surface area contributed by atoms with E-state index in [1.165, 1.54) is 0 Å². The van der Waals surface area contributed by atoms with E-state index in [0.29, 0.717) is 19.0 Å². The smallest absolute Gasteiger partial charge is 0.326 e. The fraction of sp³-hybridized carbons (Fsp3) is 0.769. The van der Waals surface area contributed by atoms with Crippen LogP contribution in [0, 0.1) is 5.92 Å². The Kier molecular flexibility index (Phi) is 6.41. The van der Waals surface area contributed by atoms with Crippen molar-refractivity contribution in [2.75, 3.05) is 32.7 Å². The molecule has 1 heterocycles. The van der Waals surface area contributed by atoms with Crippen LogP contribution in [0.1, 0.15) is 20.3 Å². The van der Waals surface area contributed by atoms with Crippen LogP contribution in [0.4, 0.5) is 4.79 Å². The lowest BCUT2D eigenvalue weighted by Crippen LogP contribution is -2.55. The highest BCUT2D eigenvalue weighted by atomic mass is 16.4. The number of hydrogen-bond acceptors (Lipinski definition) is 4. The van der Waals surface area contributed by atoms with Crippen molar-refractivity contribution < 1.29 is 19.5 Å². The van der Waals surface area contributed by atoms with E-state index in [4.69, 9.17) is 10.8 Å². The first-order chi connectivity index (χ1) is 9.79. The predicted octanol–water partition coefficient (Wildman–Crippen LogP) is -0.702. The predicted molar refractivity (Wildman–Crippen MR) is 76.6 cm³/mol. The van der Waals surface area contributed by atoms with Crippen molar-refractivity contribution in [2.24, 2.45) is 11.7 Å². The maximum Gasteiger partial charge on any atom is 0.326 e. The highest BCUT2D eigenvalue weighted by Crippen LogP contribution is 2.06. The molecule has 120 valence electrons. The number of primary amides is 1. The number of nitrogens with two attached hydrogens (primary N) is 1. The van der Waals surface area contributed by atoms with E-state index in [0.717, 1.165) is 19.6 Å². The van der Waals surface area contributed by atoms with Crippen LogP contribution >= 0.6 is 0 Å². The van der Waals surface area contributed by atoms with Gasteiger partial charge in [0.1, 0.15) is 6.04 Å². The first-order valence-electron chi connectivity index (χ1n) is 7.08. The molecule has 21 heavy (non-hydrogen) atoms. The Morgan fingerprint density at radius 1 is 1.19 bits per heavy atom. The minimum Gasteiger partial charge on any atom is -0.480 e. The Morgan fingerprint density at radius 3 is 2.19 bits per heavy atom. The lowest BCUT2D eigenvalue weighted by molar-refractivity contribution is -0.141. The quantitative estimate of drug-likeness (QED) is 0.600. The molecule has 0 saturated carbocycles. The zero-order valence-electron chi connectivity index (χ0n) is 12.5. The first kappa shape index (κ1) is 17.2. The van der Waals surface area contributed by atoms with Gasteiger partial charge in [0.15, 0.2) is 0 Å². The van der Waals surface area contributed by atoms with E-state index >= 15 is 0 Å². The lowest BCUT2D eigenvalue weighted by Gasteiger charge is -2.35. The molecule has 0 aromatic carbocycles. The third-order valence-electron chi connectivity index (χ3n) is 3.28. The first-order valence-corrected chi connectivity index (χ1v) is 7.08. The normalized spacial score (nSPS) is 17.6. The summed E-state index contributed by atoms with van der Waals surface area (Å²) >= 11 is 0. The van der Waals surface area contributed by atoms with Crippen LogP contribution in [-0.4, -0.2) is 71.6 Å². The molecule has 1 aliphatic rings. The second kappa shape index (κ2) is 7.82. The molecule has 1 rings (SSSR count). The summed E-state index contributed by atoms with van der Waals surface area (Å²) in [5.74, 6) is -1.46. The van der Waals surface area contributed by atoms with Gasteiger partial charge >= 0.3 is 12.0 Å². The molecular weight excluding hydrogens is 276 g/mol. The molecule has 0 bridgehead atoms. The zero-order valence-corrected chi connectivity index (χ0v) is 12.5. The second-order valence-corrected chi connectivity index (χ2v) is 5.69. The SMILES string of the molecule is CC(C)CN1CCN(C(=O)N[C@@H](CC(N)=O)C(=O)O)CC1. The summed E-state index contributed by atoms with van der Waals surface area (Å²) < 4.78 is 0. The van der Waals surface area contributed by atoms with Crippen LogP contribution in [0.5, 0.6) is 0 Å². The summed E-state index contributed by atoms with van der Waals surface area (Å²) in [4.78, 5) is 37.6. The molecular formula is C13H24N4O4. The molecule has 0 aromatic heterocycles. The summed E-state index contributed by atoms with van der Waals surface area (Å²) in [5, 5.41) is 11.3. The Balaban J connectivity index is 2.45. The van der Waals surface area contributed by atoms with Gasteiger partial charge in [-0.15, -0.1) is 0 Å². The van der Waals surface area contributed by atoms with Crippen LogP contribution in [0.25, 0.3) is 0 Å². The number of nitrogens with one attached hydrogen (secondary N) is 1. The number of urea groups is 1. The molecule has 0 radical (unpaired) electrons. The molecule has 1 fully saturated rings. The zero-order chi connectivity index (χ0) is 16.0. The van der Waals surface area contributed by atoms with Gasteiger partial charge in [0, 0.05) is 32.7 Å². The van der Waals surface area contributed by atoms with E-state index in [-0.39, 0.29) is 0 Å². The summed E-state index contributed by atoms with van der Waals surface area (Å²) in [6, 6.07) is -1.74. The number of rotatable bonds is 6. The van der Waals surface area contributed by atoms with Gasteiger partial charge in [-0.25, -0.2) is 9.59 Å². The fourth-order valence-corrected chi connectivity index (χ4v) is 2.29. The Hall–Kier alpha value is -1.83. The molecule has 1 aliphatic heterocycles. The molecule has 1 saturated heterocycles. The van der Waals surface area contributed by atoms with Crippen LogP contribution < -0.4 is 11.1 Å². The second-order valence-electron chi connectivity index (χ2n) is 5.69. The molecule has 0 aliphatic carbocycles. The van der Waals surface area contributed by atoms with Gasteiger partial charge in [0.05, 0.1) is 6.42 Å². The molecule has 0 aromatic rings. The lowest BCUT2D eigenvalue weighted by atomic mass is 10.2. The third-order valence-corrected chi connectivity index (χ3v) is 3.28. The number of nitrogens with zero attached hydrogens (tertiary/aromatic N) is 2. The Morgan fingerprint density at radius 2 is 1.76 bits per heavy atom. The van der Waals surface area contributed by atoms with Crippen LogP contribution in [-0.2, 0) is 9.59 Å². The molecule has 4 N–H and O–H groups in total. The highest BCUT2D eigenvalue weighted by Gasteiger charge is 2.27. The summed E-state index contributed by atoms with van der Waals surface area (Å²) in [7, 11) is 0.